The Labute approximate surface area is 51.6 Å². The first-order valence-corrected chi connectivity index (χ1v) is 3.58. The topological polar surface area (TPSA) is 37.3 Å². The van der Waals surface area contributed by atoms with Crippen LogP contribution in [0.4, 0.5) is 0 Å². The molecule has 0 aromatic heterocycles. The van der Waals surface area contributed by atoms with Crippen LogP contribution in [-0.4, -0.2) is 14.5 Å². The van der Waals surface area contributed by atoms with E-state index in [1.54, 1.807) is 0 Å². The van der Waals surface area contributed by atoms with Gasteiger partial charge < -0.3 is 4.55 Å². The highest BCUT2D eigenvalue weighted by Crippen LogP contribution is 1.71. The van der Waals surface area contributed by atoms with Gasteiger partial charge in [-0.3, -0.25) is 0 Å². The molecule has 0 aliphatic carbocycles. The summed E-state index contributed by atoms with van der Waals surface area (Å²) < 4.78 is 18.0. The van der Waals surface area contributed by atoms with Crippen LogP contribution in [0.3, 0.4) is 0 Å². The van der Waals surface area contributed by atoms with Gasteiger partial charge in [0, 0.05) is 6.42 Å². The first-order valence-electron chi connectivity index (χ1n) is 2.30. The third-order valence-corrected chi connectivity index (χ3v) is 0.889. The Balaban J connectivity index is 3.29. The van der Waals surface area contributed by atoms with Gasteiger partial charge in [-0.05, 0) is 0 Å². The normalized spacial score (nSPS) is 11.8. The molecule has 46 valence electrons. The van der Waals surface area contributed by atoms with Crippen LogP contribution in [0, 0.1) is 11.8 Å². The minimum absolute atomic E-state index is 0.0772. The molecule has 0 aromatic carbocycles. The van der Waals surface area contributed by atoms with Crippen LogP contribution < -0.4 is 0 Å². The summed E-state index contributed by atoms with van der Waals surface area (Å²) in [5, 5.41) is 0. The molecule has 0 spiro atoms. The Kier molecular flexibility index (Phi) is 4.62. The second-order valence-corrected chi connectivity index (χ2v) is 2.10. The molecule has 0 saturated carbocycles. The lowest BCUT2D eigenvalue weighted by Gasteiger charge is -1.76. The maximum atomic E-state index is 9.88. The predicted octanol–water partition coefficient (Wildman–Crippen LogP) is 0.621. The SMILES string of the molecule is CCC#CCS(=O)O. The summed E-state index contributed by atoms with van der Waals surface area (Å²) in [6, 6.07) is 0. The third-order valence-electron chi connectivity index (χ3n) is 0.497. The van der Waals surface area contributed by atoms with Crippen molar-refractivity contribution in [2.75, 3.05) is 5.75 Å². The molecule has 1 unspecified atom stereocenters. The fourth-order valence-corrected chi connectivity index (χ4v) is 0.463. The molecule has 0 aliphatic rings. The molecule has 0 amide bonds. The molecule has 1 atom stereocenters. The lowest BCUT2D eigenvalue weighted by molar-refractivity contribution is 0.568. The van der Waals surface area contributed by atoms with Crippen molar-refractivity contribution < 1.29 is 8.76 Å². The average molecular weight is 132 g/mol. The van der Waals surface area contributed by atoms with Crippen molar-refractivity contribution in [2.45, 2.75) is 13.3 Å². The van der Waals surface area contributed by atoms with Crippen LogP contribution in [0.5, 0.6) is 0 Å². The summed E-state index contributed by atoms with van der Waals surface area (Å²) >= 11 is -1.74. The minimum Gasteiger partial charge on any atom is -0.305 e. The second kappa shape index (κ2) is 4.82. The van der Waals surface area contributed by atoms with Crippen LogP contribution in [0.15, 0.2) is 0 Å². The van der Waals surface area contributed by atoms with Crippen molar-refractivity contribution in [3.63, 3.8) is 0 Å². The van der Waals surface area contributed by atoms with E-state index in [2.05, 4.69) is 11.8 Å². The van der Waals surface area contributed by atoms with E-state index in [1.165, 1.54) is 0 Å². The standard InChI is InChI=1S/C5H8O2S/c1-2-3-4-5-8(6)7/h2,5H2,1H3,(H,6,7). The van der Waals surface area contributed by atoms with Crippen molar-refractivity contribution in [1.29, 1.82) is 0 Å². The first kappa shape index (κ1) is 7.67. The number of hydrogen-bond donors (Lipinski definition) is 1. The molecule has 2 nitrogen and oxygen atoms in total. The molecular weight excluding hydrogens is 124 g/mol. The van der Waals surface area contributed by atoms with E-state index in [0.29, 0.717) is 0 Å². The smallest absolute Gasteiger partial charge is 0.165 e. The Morgan fingerprint density at radius 1 is 1.62 bits per heavy atom. The zero-order chi connectivity index (χ0) is 6.41. The summed E-state index contributed by atoms with van der Waals surface area (Å²) in [6.45, 7) is 1.90. The van der Waals surface area contributed by atoms with Crippen LogP contribution in [-0.2, 0) is 11.1 Å². The lowest BCUT2D eigenvalue weighted by atomic mass is 10.5. The largest absolute Gasteiger partial charge is 0.305 e. The number of hydrogen-bond acceptors (Lipinski definition) is 1. The van der Waals surface area contributed by atoms with Gasteiger partial charge in [0.05, 0.1) is 0 Å². The van der Waals surface area contributed by atoms with Gasteiger partial charge in [-0.25, -0.2) is 4.21 Å². The Bertz CT molecular complexity index is 131. The zero-order valence-electron chi connectivity index (χ0n) is 4.68. The molecule has 1 N–H and O–H groups in total. The maximum absolute atomic E-state index is 9.88. The van der Waals surface area contributed by atoms with Gasteiger partial charge in [-0.2, -0.15) is 0 Å². The van der Waals surface area contributed by atoms with Crippen LogP contribution in [0.25, 0.3) is 0 Å². The van der Waals surface area contributed by atoms with Gasteiger partial charge in [-0.15, -0.1) is 5.92 Å². The number of rotatable bonds is 1. The van der Waals surface area contributed by atoms with Gasteiger partial charge in [-0.1, -0.05) is 12.8 Å². The van der Waals surface area contributed by atoms with E-state index in [9.17, 15) is 4.21 Å². The van der Waals surface area contributed by atoms with E-state index in [-0.39, 0.29) is 5.75 Å². The summed E-state index contributed by atoms with van der Waals surface area (Å²) in [4.78, 5) is 0. The predicted molar refractivity (Wildman–Crippen MR) is 33.7 cm³/mol. The van der Waals surface area contributed by atoms with E-state index >= 15 is 0 Å². The van der Waals surface area contributed by atoms with E-state index < -0.39 is 11.1 Å². The molecule has 0 radical (unpaired) electrons. The zero-order valence-corrected chi connectivity index (χ0v) is 5.49. The highest BCUT2D eigenvalue weighted by Gasteiger charge is 1.81. The van der Waals surface area contributed by atoms with Crippen LogP contribution in [0.2, 0.25) is 0 Å². The molecule has 0 bridgehead atoms. The third kappa shape index (κ3) is 5.67. The van der Waals surface area contributed by atoms with Gasteiger partial charge in [0.1, 0.15) is 5.75 Å². The van der Waals surface area contributed by atoms with Crippen LogP contribution >= 0.6 is 0 Å². The molecular formula is C5H8O2S. The van der Waals surface area contributed by atoms with Gasteiger partial charge in [0.25, 0.3) is 0 Å². The lowest BCUT2D eigenvalue weighted by Crippen LogP contribution is -1.89. The summed E-state index contributed by atoms with van der Waals surface area (Å²) in [7, 11) is 0. The highest BCUT2D eigenvalue weighted by atomic mass is 32.2. The Morgan fingerprint density at radius 2 is 2.25 bits per heavy atom. The first-order chi connectivity index (χ1) is 3.77. The van der Waals surface area contributed by atoms with Crippen molar-refractivity contribution in [3.05, 3.63) is 0 Å². The minimum atomic E-state index is -1.74. The molecule has 0 rings (SSSR count). The van der Waals surface area contributed by atoms with Crippen molar-refractivity contribution >= 4 is 11.1 Å². The summed E-state index contributed by atoms with van der Waals surface area (Å²) in [5.41, 5.74) is 0. The molecule has 0 aliphatic heterocycles. The van der Waals surface area contributed by atoms with Crippen LogP contribution in [0.1, 0.15) is 13.3 Å². The maximum Gasteiger partial charge on any atom is 0.165 e. The summed E-state index contributed by atoms with van der Waals surface area (Å²) in [5.74, 6) is 5.29. The highest BCUT2D eigenvalue weighted by molar-refractivity contribution is 7.79. The Morgan fingerprint density at radius 3 is 2.62 bits per heavy atom. The fourth-order valence-electron chi connectivity index (χ4n) is 0.238. The van der Waals surface area contributed by atoms with Crippen molar-refractivity contribution in [1.82, 2.24) is 0 Å². The van der Waals surface area contributed by atoms with E-state index in [1.807, 2.05) is 6.92 Å². The van der Waals surface area contributed by atoms with E-state index in [4.69, 9.17) is 4.55 Å². The van der Waals surface area contributed by atoms with Crippen molar-refractivity contribution in [2.24, 2.45) is 0 Å². The quantitative estimate of drug-likeness (QED) is 0.419. The summed E-state index contributed by atoms with van der Waals surface area (Å²) in [6.07, 6.45) is 0.747. The van der Waals surface area contributed by atoms with Gasteiger partial charge in [0.15, 0.2) is 11.1 Å². The molecule has 0 fully saturated rings. The van der Waals surface area contributed by atoms with Crippen molar-refractivity contribution in [3.8, 4) is 11.8 Å². The molecule has 0 saturated heterocycles. The monoisotopic (exact) mass is 132 g/mol. The second-order valence-electron chi connectivity index (χ2n) is 1.17. The Hall–Kier alpha value is -0.330. The molecule has 8 heavy (non-hydrogen) atoms. The molecule has 0 aromatic rings. The van der Waals surface area contributed by atoms with E-state index in [0.717, 1.165) is 6.42 Å². The van der Waals surface area contributed by atoms with Gasteiger partial charge >= 0.3 is 0 Å². The molecule has 3 heteroatoms. The molecule has 0 heterocycles. The fraction of sp³-hybridized carbons (Fsp3) is 0.600. The van der Waals surface area contributed by atoms with Gasteiger partial charge in [0.2, 0.25) is 0 Å². The average Bonchev–Trinajstić information content (AvgIpc) is 1.66.